The van der Waals surface area contributed by atoms with Crippen LogP contribution < -0.4 is 0 Å². The molecule has 1 N–H and O–H groups in total. The number of aryl methyl sites for hydroxylation is 4. The summed E-state index contributed by atoms with van der Waals surface area (Å²) in [7, 11) is 0. The van der Waals surface area contributed by atoms with E-state index in [1.54, 1.807) is 11.3 Å². The number of rotatable bonds is 4. The molecule has 3 heteroatoms. The first kappa shape index (κ1) is 14.2. The third kappa shape index (κ3) is 3.64. The molecule has 1 unspecified atom stereocenters. The topological polar surface area (TPSA) is 33.1 Å². The van der Waals surface area contributed by atoms with Gasteiger partial charge >= 0.3 is 0 Å². The van der Waals surface area contributed by atoms with Gasteiger partial charge in [-0.2, -0.15) is 0 Å². The Kier molecular flexibility index (Phi) is 4.38. The van der Waals surface area contributed by atoms with Gasteiger partial charge in [-0.05, 0) is 50.8 Å². The molecule has 2 aromatic rings. The number of nitrogens with zero attached hydrogens (tertiary/aromatic N) is 1. The molecule has 0 amide bonds. The molecule has 0 saturated heterocycles. The number of aromatic nitrogens is 1. The fraction of sp³-hybridized carbons (Fsp3) is 0.438. The lowest BCUT2D eigenvalue weighted by atomic mass is 10.0. The van der Waals surface area contributed by atoms with E-state index in [0.29, 0.717) is 12.8 Å². The summed E-state index contributed by atoms with van der Waals surface area (Å²) in [6.45, 7) is 8.31. The lowest BCUT2D eigenvalue weighted by Gasteiger charge is -2.10. The van der Waals surface area contributed by atoms with Crippen LogP contribution in [0.5, 0.6) is 0 Å². The van der Waals surface area contributed by atoms with Crippen LogP contribution in [0.3, 0.4) is 0 Å². The van der Waals surface area contributed by atoms with Gasteiger partial charge in [0, 0.05) is 11.3 Å². The summed E-state index contributed by atoms with van der Waals surface area (Å²) in [5.41, 5.74) is 4.86. The lowest BCUT2D eigenvalue weighted by Crippen LogP contribution is -2.14. The van der Waals surface area contributed by atoms with Crippen LogP contribution in [-0.2, 0) is 12.8 Å². The molecular weight excluding hydrogens is 254 g/mol. The van der Waals surface area contributed by atoms with E-state index < -0.39 is 0 Å². The molecule has 2 nitrogen and oxygen atoms in total. The Balaban J connectivity index is 2.00. The number of aliphatic hydroxyl groups is 1. The Hall–Kier alpha value is -1.19. The van der Waals surface area contributed by atoms with E-state index in [0.717, 1.165) is 10.7 Å². The second kappa shape index (κ2) is 5.85. The molecule has 0 aliphatic heterocycles. The number of thiazole rings is 1. The van der Waals surface area contributed by atoms with Gasteiger partial charge < -0.3 is 5.11 Å². The van der Waals surface area contributed by atoms with E-state index in [4.69, 9.17) is 0 Å². The maximum atomic E-state index is 10.2. The molecule has 0 radical (unpaired) electrons. The third-order valence-electron chi connectivity index (χ3n) is 3.53. The summed E-state index contributed by atoms with van der Waals surface area (Å²) in [6, 6.07) is 6.38. The Morgan fingerprint density at radius 3 is 2.42 bits per heavy atom. The normalized spacial score (nSPS) is 12.7. The number of aliphatic hydroxyl groups excluding tert-OH is 1. The molecule has 102 valence electrons. The van der Waals surface area contributed by atoms with Gasteiger partial charge in [0.15, 0.2) is 0 Å². The minimum absolute atomic E-state index is 0.355. The maximum absolute atomic E-state index is 10.2. The van der Waals surface area contributed by atoms with Crippen molar-refractivity contribution in [2.75, 3.05) is 0 Å². The fourth-order valence-corrected chi connectivity index (χ4v) is 3.11. The molecule has 0 bridgehead atoms. The molecule has 2 rings (SSSR count). The fourth-order valence-electron chi connectivity index (χ4n) is 2.10. The predicted molar refractivity (Wildman–Crippen MR) is 80.9 cm³/mol. The van der Waals surface area contributed by atoms with Crippen LogP contribution in [0.1, 0.15) is 32.3 Å². The molecule has 0 aliphatic rings. The molecule has 0 saturated carbocycles. The van der Waals surface area contributed by atoms with Crippen molar-refractivity contribution in [1.82, 2.24) is 4.98 Å². The average Bonchev–Trinajstić information content (AvgIpc) is 2.63. The van der Waals surface area contributed by atoms with Crippen LogP contribution in [0.15, 0.2) is 18.2 Å². The van der Waals surface area contributed by atoms with E-state index in [-0.39, 0.29) is 6.10 Å². The van der Waals surface area contributed by atoms with E-state index >= 15 is 0 Å². The van der Waals surface area contributed by atoms with Crippen LogP contribution in [0.2, 0.25) is 0 Å². The van der Waals surface area contributed by atoms with Gasteiger partial charge in [-0.1, -0.05) is 18.2 Å². The minimum Gasteiger partial charge on any atom is -0.392 e. The summed E-state index contributed by atoms with van der Waals surface area (Å²) in [6.07, 6.45) is 0.984. The highest BCUT2D eigenvalue weighted by Crippen LogP contribution is 2.19. The predicted octanol–water partition coefficient (Wildman–Crippen LogP) is 3.52. The third-order valence-corrected chi connectivity index (χ3v) is 4.62. The second-order valence-electron chi connectivity index (χ2n) is 5.23. The van der Waals surface area contributed by atoms with Crippen molar-refractivity contribution in [3.8, 4) is 0 Å². The molecule has 1 heterocycles. The van der Waals surface area contributed by atoms with Crippen molar-refractivity contribution in [3.05, 3.63) is 50.5 Å². The first-order chi connectivity index (χ1) is 8.95. The maximum Gasteiger partial charge on any atom is 0.0956 e. The number of benzene rings is 1. The lowest BCUT2D eigenvalue weighted by molar-refractivity contribution is 0.175. The molecule has 1 atom stereocenters. The van der Waals surface area contributed by atoms with Crippen LogP contribution in [0, 0.1) is 27.7 Å². The average molecular weight is 275 g/mol. The largest absolute Gasteiger partial charge is 0.392 e. The first-order valence-electron chi connectivity index (χ1n) is 6.63. The quantitative estimate of drug-likeness (QED) is 0.926. The molecule has 0 fully saturated rings. The van der Waals surface area contributed by atoms with Crippen LogP contribution in [0.25, 0.3) is 0 Å². The Bertz CT molecular complexity index is 555. The smallest absolute Gasteiger partial charge is 0.0956 e. The summed E-state index contributed by atoms with van der Waals surface area (Å²) in [5, 5.41) is 11.2. The zero-order chi connectivity index (χ0) is 14.0. The SMILES string of the molecule is Cc1ccc(CC(O)Cc2nc(C)c(C)s2)cc1C. The Labute approximate surface area is 119 Å². The van der Waals surface area contributed by atoms with Crippen LogP contribution in [-0.4, -0.2) is 16.2 Å². The van der Waals surface area contributed by atoms with Gasteiger partial charge in [-0.15, -0.1) is 11.3 Å². The van der Waals surface area contributed by atoms with Crippen molar-refractivity contribution in [1.29, 1.82) is 0 Å². The van der Waals surface area contributed by atoms with Gasteiger partial charge in [0.05, 0.1) is 16.8 Å². The van der Waals surface area contributed by atoms with Gasteiger partial charge in [0.2, 0.25) is 0 Å². The zero-order valence-corrected chi connectivity index (χ0v) is 12.8. The van der Waals surface area contributed by atoms with E-state index in [1.807, 2.05) is 6.92 Å². The second-order valence-corrected chi connectivity index (χ2v) is 6.52. The van der Waals surface area contributed by atoms with Gasteiger partial charge in [0.1, 0.15) is 0 Å². The van der Waals surface area contributed by atoms with E-state index in [2.05, 4.69) is 44.0 Å². The number of hydrogen-bond acceptors (Lipinski definition) is 3. The highest BCUT2D eigenvalue weighted by atomic mass is 32.1. The summed E-state index contributed by atoms with van der Waals surface area (Å²) in [4.78, 5) is 5.73. The molecule has 19 heavy (non-hydrogen) atoms. The monoisotopic (exact) mass is 275 g/mol. The molecule has 0 aliphatic carbocycles. The van der Waals surface area contributed by atoms with Crippen molar-refractivity contribution in [2.24, 2.45) is 0 Å². The van der Waals surface area contributed by atoms with Crippen molar-refractivity contribution in [3.63, 3.8) is 0 Å². The van der Waals surface area contributed by atoms with Crippen molar-refractivity contribution >= 4 is 11.3 Å². The van der Waals surface area contributed by atoms with Gasteiger partial charge in [-0.25, -0.2) is 4.98 Å². The summed E-state index contributed by atoms with van der Waals surface area (Å²) in [5.74, 6) is 0. The van der Waals surface area contributed by atoms with Gasteiger partial charge in [-0.3, -0.25) is 0 Å². The molecular formula is C16H21NOS. The highest BCUT2D eigenvalue weighted by Gasteiger charge is 2.11. The van der Waals surface area contributed by atoms with E-state index in [1.165, 1.54) is 21.6 Å². The van der Waals surface area contributed by atoms with Gasteiger partial charge in [0.25, 0.3) is 0 Å². The molecule has 1 aromatic carbocycles. The zero-order valence-electron chi connectivity index (χ0n) is 12.0. The number of hydrogen-bond donors (Lipinski definition) is 1. The van der Waals surface area contributed by atoms with E-state index in [9.17, 15) is 5.11 Å². The summed E-state index contributed by atoms with van der Waals surface area (Å²) >= 11 is 1.69. The Morgan fingerprint density at radius 1 is 1.11 bits per heavy atom. The minimum atomic E-state index is -0.355. The van der Waals surface area contributed by atoms with Crippen molar-refractivity contribution < 1.29 is 5.11 Å². The standard InChI is InChI=1S/C16H21NOS/c1-10-5-6-14(7-11(10)2)8-15(18)9-16-17-12(3)13(4)19-16/h5-7,15,18H,8-9H2,1-4H3. The van der Waals surface area contributed by atoms with Crippen molar-refractivity contribution in [2.45, 2.75) is 46.6 Å². The highest BCUT2D eigenvalue weighted by molar-refractivity contribution is 7.11. The van der Waals surface area contributed by atoms with Crippen LogP contribution in [0.4, 0.5) is 0 Å². The Morgan fingerprint density at radius 2 is 1.84 bits per heavy atom. The summed E-state index contributed by atoms with van der Waals surface area (Å²) < 4.78 is 0. The molecule has 1 aromatic heterocycles. The van der Waals surface area contributed by atoms with Crippen LogP contribution >= 0.6 is 11.3 Å². The first-order valence-corrected chi connectivity index (χ1v) is 7.44. The molecule has 0 spiro atoms.